The van der Waals surface area contributed by atoms with Gasteiger partial charge in [0.15, 0.2) is 0 Å². The van der Waals surface area contributed by atoms with Crippen LogP contribution in [0, 0.1) is 0 Å². The zero-order valence-electron chi connectivity index (χ0n) is 15.4. The molecular formula is C21H24N4O. The fourth-order valence-electron chi connectivity index (χ4n) is 3.69. The highest BCUT2D eigenvalue weighted by Crippen LogP contribution is 2.28. The molecule has 5 heteroatoms. The third kappa shape index (κ3) is 3.35. The number of pyridine rings is 1. The van der Waals surface area contributed by atoms with E-state index < -0.39 is 0 Å². The lowest BCUT2D eigenvalue weighted by Gasteiger charge is -2.19. The number of fused-ring (bicyclic) bond motifs is 1. The van der Waals surface area contributed by atoms with Crippen LogP contribution in [-0.4, -0.2) is 39.9 Å². The standard InChI is InChI=1S/C21H24N4O/c1-24-19-11-13-25(15-16-8-9-20(26-2)22-14-16)12-10-18(19)21(23-24)17-6-4-3-5-7-17/h3-9,14H,10-13,15H2,1-2H3. The van der Waals surface area contributed by atoms with Gasteiger partial charge < -0.3 is 4.74 Å². The van der Waals surface area contributed by atoms with Gasteiger partial charge >= 0.3 is 0 Å². The van der Waals surface area contributed by atoms with Crippen molar-refractivity contribution in [3.8, 4) is 17.1 Å². The van der Waals surface area contributed by atoms with Gasteiger partial charge in [-0.2, -0.15) is 5.10 Å². The molecule has 0 radical (unpaired) electrons. The van der Waals surface area contributed by atoms with Crippen molar-refractivity contribution in [2.75, 3.05) is 20.2 Å². The zero-order valence-corrected chi connectivity index (χ0v) is 15.4. The third-order valence-corrected chi connectivity index (χ3v) is 5.08. The first kappa shape index (κ1) is 16.8. The molecular weight excluding hydrogens is 324 g/mol. The van der Waals surface area contributed by atoms with Crippen LogP contribution in [0.2, 0.25) is 0 Å². The fraction of sp³-hybridized carbons (Fsp3) is 0.333. The lowest BCUT2D eigenvalue weighted by Crippen LogP contribution is -2.26. The molecule has 0 N–H and O–H groups in total. The smallest absolute Gasteiger partial charge is 0.212 e. The first-order chi connectivity index (χ1) is 12.7. The Morgan fingerprint density at radius 2 is 1.85 bits per heavy atom. The molecule has 0 fully saturated rings. The Morgan fingerprint density at radius 3 is 2.58 bits per heavy atom. The van der Waals surface area contributed by atoms with Crippen LogP contribution in [-0.2, 0) is 26.4 Å². The highest BCUT2D eigenvalue weighted by molar-refractivity contribution is 5.64. The van der Waals surface area contributed by atoms with E-state index in [1.54, 1.807) is 7.11 Å². The summed E-state index contributed by atoms with van der Waals surface area (Å²) in [6.45, 7) is 2.98. The predicted molar refractivity (Wildman–Crippen MR) is 102 cm³/mol. The van der Waals surface area contributed by atoms with E-state index in [-0.39, 0.29) is 0 Å². The van der Waals surface area contributed by atoms with E-state index in [0.717, 1.165) is 38.2 Å². The Labute approximate surface area is 154 Å². The molecule has 0 amide bonds. The van der Waals surface area contributed by atoms with Crippen molar-refractivity contribution in [3.63, 3.8) is 0 Å². The van der Waals surface area contributed by atoms with Crippen molar-refractivity contribution >= 4 is 0 Å². The van der Waals surface area contributed by atoms with Gasteiger partial charge in [-0.1, -0.05) is 36.4 Å². The van der Waals surface area contributed by atoms with E-state index in [0.29, 0.717) is 5.88 Å². The minimum Gasteiger partial charge on any atom is -0.481 e. The van der Waals surface area contributed by atoms with Crippen molar-refractivity contribution in [2.24, 2.45) is 7.05 Å². The second-order valence-corrected chi connectivity index (χ2v) is 6.75. The molecule has 1 aliphatic heterocycles. The maximum absolute atomic E-state index is 5.14. The summed E-state index contributed by atoms with van der Waals surface area (Å²) in [4.78, 5) is 6.82. The molecule has 26 heavy (non-hydrogen) atoms. The molecule has 5 nitrogen and oxygen atoms in total. The molecule has 4 rings (SSSR count). The quantitative estimate of drug-likeness (QED) is 0.727. The van der Waals surface area contributed by atoms with E-state index in [4.69, 9.17) is 9.84 Å². The predicted octanol–water partition coefficient (Wildman–Crippen LogP) is 3.09. The third-order valence-electron chi connectivity index (χ3n) is 5.08. The SMILES string of the molecule is COc1ccc(CN2CCc3c(-c4ccccc4)nn(C)c3CC2)cn1. The van der Waals surface area contributed by atoms with E-state index >= 15 is 0 Å². The molecule has 0 aliphatic carbocycles. The Bertz CT molecular complexity index is 871. The molecule has 0 saturated carbocycles. The number of hydrogen-bond acceptors (Lipinski definition) is 4. The highest BCUT2D eigenvalue weighted by atomic mass is 16.5. The molecule has 0 unspecified atom stereocenters. The average molecular weight is 348 g/mol. The topological polar surface area (TPSA) is 43.2 Å². The van der Waals surface area contributed by atoms with Crippen LogP contribution in [0.5, 0.6) is 5.88 Å². The monoisotopic (exact) mass is 348 g/mol. The summed E-state index contributed by atoms with van der Waals surface area (Å²) < 4.78 is 7.21. The molecule has 2 aromatic heterocycles. The number of methoxy groups -OCH3 is 1. The number of rotatable bonds is 4. The fourth-order valence-corrected chi connectivity index (χ4v) is 3.69. The number of aromatic nitrogens is 3. The van der Waals surface area contributed by atoms with Gasteiger partial charge in [-0.25, -0.2) is 4.98 Å². The first-order valence-electron chi connectivity index (χ1n) is 9.06. The maximum Gasteiger partial charge on any atom is 0.212 e. The van der Waals surface area contributed by atoms with Crippen LogP contribution in [0.1, 0.15) is 16.8 Å². The van der Waals surface area contributed by atoms with Crippen LogP contribution < -0.4 is 4.74 Å². The molecule has 3 aromatic rings. The number of hydrogen-bond donors (Lipinski definition) is 0. The lowest BCUT2D eigenvalue weighted by molar-refractivity contribution is 0.277. The first-order valence-corrected chi connectivity index (χ1v) is 9.06. The summed E-state index contributed by atoms with van der Waals surface area (Å²) in [5, 5.41) is 4.81. The Hall–Kier alpha value is -2.66. The number of aryl methyl sites for hydroxylation is 1. The number of nitrogens with zero attached hydrogens (tertiary/aromatic N) is 4. The van der Waals surface area contributed by atoms with E-state index in [2.05, 4.69) is 58.0 Å². The van der Waals surface area contributed by atoms with Gasteiger partial charge in [0.2, 0.25) is 5.88 Å². The van der Waals surface area contributed by atoms with Crippen LogP contribution in [0.4, 0.5) is 0 Å². The minimum absolute atomic E-state index is 0.663. The van der Waals surface area contributed by atoms with Gasteiger partial charge in [0, 0.05) is 62.2 Å². The van der Waals surface area contributed by atoms with E-state index in [1.165, 1.54) is 22.4 Å². The van der Waals surface area contributed by atoms with Crippen molar-refractivity contribution in [2.45, 2.75) is 19.4 Å². The van der Waals surface area contributed by atoms with Gasteiger partial charge in [0.05, 0.1) is 12.8 Å². The van der Waals surface area contributed by atoms with Crippen molar-refractivity contribution in [1.82, 2.24) is 19.7 Å². The minimum atomic E-state index is 0.663. The Kier molecular flexibility index (Phi) is 4.71. The molecule has 0 spiro atoms. The molecule has 1 aromatic carbocycles. The average Bonchev–Trinajstić information content (AvgIpc) is 2.86. The van der Waals surface area contributed by atoms with Crippen molar-refractivity contribution in [1.29, 1.82) is 0 Å². The van der Waals surface area contributed by atoms with Gasteiger partial charge in [-0.05, 0) is 12.0 Å². The van der Waals surface area contributed by atoms with Crippen LogP contribution in [0.25, 0.3) is 11.3 Å². The Balaban J connectivity index is 1.52. The summed E-state index contributed by atoms with van der Waals surface area (Å²) in [5.74, 6) is 0.663. The second-order valence-electron chi connectivity index (χ2n) is 6.75. The summed E-state index contributed by atoms with van der Waals surface area (Å²) >= 11 is 0. The molecule has 3 heterocycles. The number of benzene rings is 1. The summed E-state index contributed by atoms with van der Waals surface area (Å²) in [6.07, 6.45) is 3.96. The Morgan fingerprint density at radius 1 is 1.04 bits per heavy atom. The maximum atomic E-state index is 5.14. The van der Waals surface area contributed by atoms with Gasteiger partial charge in [-0.15, -0.1) is 0 Å². The molecule has 134 valence electrons. The molecule has 0 saturated heterocycles. The normalized spacial score (nSPS) is 14.7. The molecule has 0 bridgehead atoms. The van der Waals surface area contributed by atoms with Crippen molar-refractivity contribution in [3.05, 3.63) is 65.5 Å². The van der Waals surface area contributed by atoms with Gasteiger partial charge in [0.1, 0.15) is 0 Å². The molecule has 0 atom stereocenters. The zero-order chi connectivity index (χ0) is 17.9. The highest BCUT2D eigenvalue weighted by Gasteiger charge is 2.22. The van der Waals surface area contributed by atoms with Gasteiger partial charge in [-0.3, -0.25) is 9.58 Å². The largest absolute Gasteiger partial charge is 0.481 e. The number of ether oxygens (including phenoxy) is 1. The van der Waals surface area contributed by atoms with Gasteiger partial charge in [0.25, 0.3) is 0 Å². The van der Waals surface area contributed by atoms with Crippen LogP contribution in [0.3, 0.4) is 0 Å². The van der Waals surface area contributed by atoms with E-state index in [1.807, 2.05) is 12.3 Å². The van der Waals surface area contributed by atoms with Crippen molar-refractivity contribution < 1.29 is 4.74 Å². The van der Waals surface area contributed by atoms with Crippen LogP contribution in [0.15, 0.2) is 48.7 Å². The molecule has 1 aliphatic rings. The summed E-state index contributed by atoms with van der Waals surface area (Å²) in [6, 6.07) is 14.5. The van der Waals surface area contributed by atoms with Crippen LogP contribution >= 0.6 is 0 Å². The summed E-state index contributed by atoms with van der Waals surface area (Å²) in [7, 11) is 3.71. The van der Waals surface area contributed by atoms with E-state index in [9.17, 15) is 0 Å². The lowest BCUT2D eigenvalue weighted by atomic mass is 10.0. The summed E-state index contributed by atoms with van der Waals surface area (Å²) in [5.41, 5.74) is 6.32. The second kappa shape index (κ2) is 7.30.